The molecule has 5 heteroatoms. The van der Waals surface area contributed by atoms with Gasteiger partial charge in [0.15, 0.2) is 0 Å². The highest BCUT2D eigenvalue weighted by Gasteiger charge is 2.31. The molecule has 1 amide bonds. The molecule has 0 spiro atoms. The summed E-state index contributed by atoms with van der Waals surface area (Å²) in [5, 5.41) is 0. The van der Waals surface area contributed by atoms with Crippen LogP contribution in [0.4, 0.5) is 4.39 Å². The van der Waals surface area contributed by atoms with Crippen molar-refractivity contribution in [3.63, 3.8) is 0 Å². The average Bonchev–Trinajstić information content (AvgIpc) is 2.58. The van der Waals surface area contributed by atoms with Crippen LogP contribution >= 0.6 is 0 Å². The van der Waals surface area contributed by atoms with Gasteiger partial charge in [0.2, 0.25) is 5.91 Å². The number of carbonyl (C=O) groups excluding carboxylic acids is 1. The van der Waals surface area contributed by atoms with Crippen LogP contribution in [0.2, 0.25) is 0 Å². The first kappa shape index (κ1) is 16.6. The minimum atomic E-state index is -0.562. The molecule has 1 saturated heterocycles. The Labute approximate surface area is 141 Å². The van der Waals surface area contributed by atoms with Gasteiger partial charge in [0.05, 0.1) is 12.7 Å². The summed E-state index contributed by atoms with van der Waals surface area (Å²) in [6, 6.07) is 15.5. The van der Waals surface area contributed by atoms with Crippen molar-refractivity contribution in [2.75, 3.05) is 19.7 Å². The fourth-order valence-electron chi connectivity index (χ4n) is 3.18. The van der Waals surface area contributed by atoms with Crippen LogP contribution in [0.3, 0.4) is 0 Å². The van der Waals surface area contributed by atoms with Crippen LogP contribution in [0.1, 0.15) is 17.2 Å². The second kappa shape index (κ2) is 7.55. The Hall–Kier alpha value is -2.24. The summed E-state index contributed by atoms with van der Waals surface area (Å²) in [6.07, 6.45) is 0.787. The van der Waals surface area contributed by atoms with Crippen molar-refractivity contribution >= 4 is 5.91 Å². The van der Waals surface area contributed by atoms with Crippen LogP contribution in [0, 0.1) is 5.82 Å². The lowest BCUT2D eigenvalue weighted by Crippen LogP contribution is -2.48. The van der Waals surface area contributed by atoms with E-state index >= 15 is 0 Å². The summed E-state index contributed by atoms with van der Waals surface area (Å²) < 4.78 is 19.0. The number of amides is 1. The number of benzene rings is 2. The second-order valence-electron chi connectivity index (χ2n) is 6.03. The molecule has 0 radical (unpaired) electrons. The van der Waals surface area contributed by atoms with Crippen molar-refractivity contribution in [3.05, 3.63) is 71.5 Å². The molecule has 0 saturated carbocycles. The van der Waals surface area contributed by atoms with E-state index in [9.17, 15) is 9.18 Å². The lowest BCUT2D eigenvalue weighted by Gasteiger charge is -2.37. The lowest BCUT2D eigenvalue weighted by molar-refractivity contribution is -0.127. The van der Waals surface area contributed by atoms with Crippen molar-refractivity contribution in [1.82, 2.24) is 4.90 Å². The highest BCUT2D eigenvalue weighted by molar-refractivity contribution is 5.81. The molecule has 0 bridgehead atoms. The SMILES string of the molecule is NC(=O)[C@H](c1ccc(F)cc1)N1CCO[C@H](Cc2ccccc2)C1. The van der Waals surface area contributed by atoms with Crippen LogP contribution < -0.4 is 5.73 Å². The summed E-state index contributed by atoms with van der Waals surface area (Å²) in [7, 11) is 0. The third kappa shape index (κ3) is 3.99. The number of nitrogens with two attached hydrogens (primary N) is 1. The number of ether oxygens (including phenoxy) is 1. The Morgan fingerprint density at radius 3 is 2.58 bits per heavy atom. The van der Waals surface area contributed by atoms with Gasteiger partial charge in [-0.2, -0.15) is 0 Å². The zero-order valence-corrected chi connectivity index (χ0v) is 13.4. The van der Waals surface area contributed by atoms with Crippen LogP contribution in [0.5, 0.6) is 0 Å². The van der Waals surface area contributed by atoms with Crippen molar-refractivity contribution in [1.29, 1.82) is 0 Å². The minimum absolute atomic E-state index is 0.00319. The summed E-state index contributed by atoms with van der Waals surface area (Å²) >= 11 is 0. The van der Waals surface area contributed by atoms with Crippen molar-refractivity contribution < 1.29 is 13.9 Å². The monoisotopic (exact) mass is 328 g/mol. The molecule has 4 nitrogen and oxygen atoms in total. The highest BCUT2D eigenvalue weighted by atomic mass is 19.1. The van der Waals surface area contributed by atoms with Crippen LogP contribution in [-0.4, -0.2) is 36.6 Å². The van der Waals surface area contributed by atoms with Crippen molar-refractivity contribution in [2.45, 2.75) is 18.6 Å². The van der Waals surface area contributed by atoms with E-state index in [0.29, 0.717) is 25.3 Å². The molecule has 2 N–H and O–H groups in total. The molecular formula is C19H21FN2O2. The van der Waals surface area contributed by atoms with Gasteiger partial charge in [-0.05, 0) is 29.7 Å². The van der Waals surface area contributed by atoms with Gasteiger partial charge in [-0.25, -0.2) is 4.39 Å². The maximum Gasteiger partial charge on any atom is 0.239 e. The van der Waals surface area contributed by atoms with Crippen LogP contribution in [0.15, 0.2) is 54.6 Å². The molecular weight excluding hydrogens is 307 g/mol. The first-order valence-corrected chi connectivity index (χ1v) is 8.08. The van der Waals surface area contributed by atoms with Gasteiger partial charge in [0, 0.05) is 13.1 Å². The molecule has 2 aromatic carbocycles. The normalized spacial score (nSPS) is 19.8. The molecule has 1 heterocycles. The average molecular weight is 328 g/mol. The van der Waals surface area contributed by atoms with E-state index < -0.39 is 11.9 Å². The predicted octanol–water partition coefficient (Wildman–Crippen LogP) is 2.30. The number of rotatable bonds is 5. The number of hydrogen-bond acceptors (Lipinski definition) is 3. The zero-order valence-electron chi connectivity index (χ0n) is 13.4. The predicted molar refractivity (Wildman–Crippen MR) is 89.8 cm³/mol. The molecule has 2 atom stereocenters. The van der Waals surface area contributed by atoms with Crippen molar-refractivity contribution in [2.24, 2.45) is 5.73 Å². The van der Waals surface area contributed by atoms with Gasteiger partial charge in [0.1, 0.15) is 11.9 Å². The Morgan fingerprint density at radius 2 is 1.92 bits per heavy atom. The first-order chi connectivity index (χ1) is 11.6. The number of morpholine rings is 1. The Balaban J connectivity index is 1.73. The van der Waals surface area contributed by atoms with Crippen LogP contribution in [-0.2, 0) is 16.0 Å². The number of carbonyl (C=O) groups is 1. The molecule has 3 rings (SSSR count). The minimum Gasteiger partial charge on any atom is -0.375 e. The molecule has 126 valence electrons. The molecule has 2 aromatic rings. The highest BCUT2D eigenvalue weighted by Crippen LogP contribution is 2.24. The fourth-order valence-corrected chi connectivity index (χ4v) is 3.18. The largest absolute Gasteiger partial charge is 0.375 e. The topological polar surface area (TPSA) is 55.6 Å². The summed E-state index contributed by atoms with van der Waals surface area (Å²) in [4.78, 5) is 14.0. The summed E-state index contributed by atoms with van der Waals surface area (Å²) in [5.41, 5.74) is 7.53. The Morgan fingerprint density at radius 1 is 1.21 bits per heavy atom. The Kier molecular flexibility index (Phi) is 5.23. The third-order valence-electron chi connectivity index (χ3n) is 4.30. The summed E-state index contributed by atoms with van der Waals surface area (Å²) in [6.45, 7) is 1.78. The molecule has 0 aliphatic carbocycles. The molecule has 24 heavy (non-hydrogen) atoms. The summed E-state index contributed by atoms with van der Waals surface area (Å²) in [5.74, 6) is -0.757. The van der Waals surface area contributed by atoms with Gasteiger partial charge in [-0.1, -0.05) is 42.5 Å². The van der Waals surface area contributed by atoms with E-state index in [4.69, 9.17) is 10.5 Å². The molecule has 0 unspecified atom stereocenters. The third-order valence-corrected chi connectivity index (χ3v) is 4.30. The van der Waals surface area contributed by atoms with Crippen molar-refractivity contribution in [3.8, 4) is 0 Å². The standard InChI is InChI=1S/C19H21FN2O2/c20-16-8-6-15(7-9-16)18(19(21)23)22-10-11-24-17(13-22)12-14-4-2-1-3-5-14/h1-9,17-18H,10-13H2,(H2,21,23)/t17-,18+/m1/s1. The van der Waals surface area contributed by atoms with Crippen LogP contribution in [0.25, 0.3) is 0 Å². The Bertz CT molecular complexity index is 676. The van der Waals surface area contributed by atoms with E-state index in [-0.39, 0.29) is 11.9 Å². The maximum atomic E-state index is 13.1. The van der Waals surface area contributed by atoms with Gasteiger partial charge in [-0.15, -0.1) is 0 Å². The molecule has 1 fully saturated rings. The maximum absolute atomic E-state index is 13.1. The smallest absolute Gasteiger partial charge is 0.239 e. The number of hydrogen-bond donors (Lipinski definition) is 1. The molecule has 1 aliphatic rings. The van der Waals surface area contributed by atoms with E-state index in [2.05, 4.69) is 12.1 Å². The first-order valence-electron chi connectivity index (χ1n) is 8.08. The van der Waals surface area contributed by atoms with E-state index in [1.807, 2.05) is 23.1 Å². The van der Waals surface area contributed by atoms with Gasteiger partial charge in [0.25, 0.3) is 0 Å². The number of primary amides is 1. The lowest BCUT2D eigenvalue weighted by atomic mass is 10.0. The van der Waals surface area contributed by atoms with E-state index in [0.717, 1.165) is 6.42 Å². The molecule has 0 aromatic heterocycles. The zero-order chi connectivity index (χ0) is 16.9. The van der Waals surface area contributed by atoms with Gasteiger partial charge >= 0.3 is 0 Å². The van der Waals surface area contributed by atoms with E-state index in [1.54, 1.807) is 12.1 Å². The number of nitrogens with zero attached hydrogens (tertiary/aromatic N) is 1. The van der Waals surface area contributed by atoms with Gasteiger partial charge < -0.3 is 10.5 Å². The fraction of sp³-hybridized carbons (Fsp3) is 0.316. The molecule has 1 aliphatic heterocycles. The quantitative estimate of drug-likeness (QED) is 0.916. The second-order valence-corrected chi connectivity index (χ2v) is 6.03. The van der Waals surface area contributed by atoms with Gasteiger partial charge in [-0.3, -0.25) is 9.69 Å². The number of halogens is 1. The van der Waals surface area contributed by atoms with E-state index in [1.165, 1.54) is 17.7 Å².